The molecule has 0 aliphatic carbocycles. The summed E-state index contributed by atoms with van der Waals surface area (Å²) in [7, 11) is 0. The lowest BCUT2D eigenvalue weighted by Crippen LogP contribution is -2.39. The van der Waals surface area contributed by atoms with Crippen LogP contribution in [-0.2, 0) is 14.3 Å². The molecule has 2 N–H and O–H groups in total. The van der Waals surface area contributed by atoms with Crippen molar-refractivity contribution in [2.75, 3.05) is 0 Å². The van der Waals surface area contributed by atoms with Crippen LogP contribution in [0.2, 0.25) is 0 Å². The van der Waals surface area contributed by atoms with E-state index in [4.69, 9.17) is 4.74 Å². The minimum absolute atomic E-state index is 0.0787. The predicted molar refractivity (Wildman–Crippen MR) is 83.1 cm³/mol. The second-order valence-corrected chi connectivity index (χ2v) is 6.51. The van der Waals surface area contributed by atoms with E-state index in [-0.39, 0.29) is 17.6 Å². The topological polar surface area (TPSA) is 83.8 Å². The van der Waals surface area contributed by atoms with E-state index in [2.05, 4.69) is 0 Å². The van der Waals surface area contributed by atoms with Gasteiger partial charge in [-0.2, -0.15) is 0 Å². The Balaban J connectivity index is 3.15. The van der Waals surface area contributed by atoms with E-state index in [9.17, 15) is 19.8 Å². The highest BCUT2D eigenvalue weighted by molar-refractivity contribution is 5.92. The van der Waals surface area contributed by atoms with E-state index in [1.54, 1.807) is 27.7 Å². The van der Waals surface area contributed by atoms with Gasteiger partial charge in [-0.3, -0.25) is 9.59 Å². The van der Waals surface area contributed by atoms with Crippen molar-refractivity contribution in [3.8, 4) is 0 Å². The minimum atomic E-state index is -1.01. The predicted octanol–water partition coefficient (Wildman–Crippen LogP) is 1.86. The van der Waals surface area contributed by atoms with Crippen molar-refractivity contribution in [1.29, 1.82) is 0 Å². The first kappa shape index (κ1) is 18.8. The number of aliphatic hydroxyl groups is 2. The van der Waals surface area contributed by atoms with Crippen LogP contribution in [0, 0.1) is 17.8 Å². The number of ether oxygens (including phenoxy) is 1. The molecule has 0 fully saturated rings. The van der Waals surface area contributed by atoms with E-state index >= 15 is 0 Å². The van der Waals surface area contributed by atoms with Crippen LogP contribution in [-0.4, -0.2) is 40.3 Å². The monoisotopic (exact) mass is 312 g/mol. The third kappa shape index (κ3) is 4.40. The molecule has 0 amide bonds. The molecular formula is C17H28O5. The van der Waals surface area contributed by atoms with Crippen molar-refractivity contribution in [3.05, 3.63) is 11.6 Å². The number of hydrogen-bond donors (Lipinski definition) is 2. The van der Waals surface area contributed by atoms with Crippen LogP contribution in [0.4, 0.5) is 0 Å². The largest absolute Gasteiger partial charge is 0.459 e. The lowest BCUT2D eigenvalue weighted by atomic mass is 9.84. The Kier molecular flexibility index (Phi) is 6.75. The van der Waals surface area contributed by atoms with Crippen molar-refractivity contribution in [2.24, 2.45) is 17.8 Å². The first-order valence-electron chi connectivity index (χ1n) is 7.97. The van der Waals surface area contributed by atoms with E-state index in [0.717, 1.165) is 0 Å². The standard InChI is InChI=1S/C17H28O5/c1-6-14-16(20)11(4)8-13(18)9(2)7-10(3)15(19)12(5)17(21)22-14/h8-10,12,14-16,19-20H,6-7H2,1-5H3/b11-8+. The highest BCUT2D eigenvalue weighted by Gasteiger charge is 2.33. The maximum Gasteiger partial charge on any atom is 0.311 e. The molecule has 0 aromatic heterocycles. The molecule has 0 bridgehead atoms. The van der Waals surface area contributed by atoms with Crippen LogP contribution in [0.1, 0.15) is 47.5 Å². The zero-order chi connectivity index (χ0) is 17.0. The molecule has 0 spiro atoms. The molecule has 5 heteroatoms. The molecule has 0 saturated carbocycles. The molecule has 5 nitrogen and oxygen atoms in total. The third-order valence-electron chi connectivity index (χ3n) is 4.54. The van der Waals surface area contributed by atoms with Crippen LogP contribution < -0.4 is 0 Å². The summed E-state index contributed by atoms with van der Waals surface area (Å²) in [6, 6.07) is 0. The number of cyclic esters (lactones) is 1. The van der Waals surface area contributed by atoms with Crippen molar-refractivity contribution in [1.82, 2.24) is 0 Å². The number of carbonyl (C=O) groups is 2. The lowest BCUT2D eigenvalue weighted by molar-refractivity contribution is -0.163. The van der Waals surface area contributed by atoms with Crippen LogP contribution in [0.5, 0.6) is 0 Å². The number of ketones is 1. The summed E-state index contributed by atoms with van der Waals surface area (Å²) in [5, 5.41) is 20.6. The minimum Gasteiger partial charge on any atom is -0.459 e. The SMILES string of the molecule is CCC1OC(=O)C(C)C(O)C(C)CC(C)C(=O)/C=C(\C)C1O. The van der Waals surface area contributed by atoms with Gasteiger partial charge in [0.05, 0.1) is 12.0 Å². The van der Waals surface area contributed by atoms with Crippen LogP contribution in [0.15, 0.2) is 11.6 Å². The van der Waals surface area contributed by atoms with Crippen molar-refractivity contribution in [3.63, 3.8) is 0 Å². The Morgan fingerprint density at radius 1 is 1.23 bits per heavy atom. The quantitative estimate of drug-likeness (QED) is 0.722. The Bertz CT molecular complexity index is 442. The maximum atomic E-state index is 12.2. The first-order valence-corrected chi connectivity index (χ1v) is 7.97. The molecule has 6 atom stereocenters. The van der Waals surface area contributed by atoms with Gasteiger partial charge in [0.2, 0.25) is 0 Å². The lowest BCUT2D eigenvalue weighted by Gasteiger charge is -2.29. The van der Waals surface area contributed by atoms with Gasteiger partial charge < -0.3 is 14.9 Å². The van der Waals surface area contributed by atoms with E-state index in [1.165, 1.54) is 6.08 Å². The molecule has 0 radical (unpaired) electrons. The van der Waals surface area contributed by atoms with Gasteiger partial charge in [-0.15, -0.1) is 0 Å². The summed E-state index contributed by atoms with van der Waals surface area (Å²) in [4.78, 5) is 24.4. The number of aliphatic hydroxyl groups excluding tert-OH is 2. The number of carbonyl (C=O) groups excluding carboxylic acids is 2. The van der Waals surface area contributed by atoms with Gasteiger partial charge in [-0.05, 0) is 44.3 Å². The zero-order valence-electron chi connectivity index (χ0n) is 14.1. The molecule has 22 heavy (non-hydrogen) atoms. The van der Waals surface area contributed by atoms with Crippen LogP contribution in [0.25, 0.3) is 0 Å². The highest BCUT2D eigenvalue weighted by atomic mass is 16.6. The molecule has 0 aromatic carbocycles. The third-order valence-corrected chi connectivity index (χ3v) is 4.54. The zero-order valence-corrected chi connectivity index (χ0v) is 14.1. The maximum absolute atomic E-state index is 12.2. The summed E-state index contributed by atoms with van der Waals surface area (Å²) in [5.74, 6) is -1.75. The summed E-state index contributed by atoms with van der Waals surface area (Å²) in [6.07, 6.45) is -0.255. The molecule has 1 aliphatic rings. The van der Waals surface area contributed by atoms with Gasteiger partial charge in [0.15, 0.2) is 5.78 Å². The summed E-state index contributed by atoms with van der Waals surface area (Å²) < 4.78 is 5.35. The van der Waals surface area contributed by atoms with Gasteiger partial charge in [0.1, 0.15) is 12.2 Å². The van der Waals surface area contributed by atoms with Crippen LogP contribution >= 0.6 is 0 Å². The van der Waals surface area contributed by atoms with Gasteiger partial charge in [0, 0.05) is 5.92 Å². The highest BCUT2D eigenvalue weighted by Crippen LogP contribution is 2.25. The molecule has 126 valence electrons. The van der Waals surface area contributed by atoms with Crippen molar-refractivity contribution in [2.45, 2.75) is 65.8 Å². The number of hydrogen-bond acceptors (Lipinski definition) is 5. The van der Waals surface area contributed by atoms with Crippen molar-refractivity contribution >= 4 is 11.8 Å². The Labute approximate surface area is 132 Å². The van der Waals surface area contributed by atoms with Gasteiger partial charge in [-0.25, -0.2) is 0 Å². The summed E-state index contributed by atoms with van der Waals surface area (Å²) in [5.41, 5.74) is 0.498. The molecule has 0 aromatic rings. The fourth-order valence-corrected chi connectivity index (χ4v) is 2.82. The summed E-state index contributed by atoms with van der Waals surface area (Å²) >= 11 is 0. The molecule has 6 unspecified atom stereocenters. The van der Waals surface area contributed by atoms with Gasteiger partial charge in [0.25, 0.3) is 0 Å². The Hall–Kier alpha value is -1.20. The first-order chi connectivity index (χ1) is 10.2. The average Bonchev–Trinajstić information content (AvgIpc) is 2.48. The van der Waals surface area contributed by atoms with Gasteiger partial charge >= 0.3 is 5.97 Å². The second kappa shape index (κ2) is 7.88. The number of rotatable bonds is 1. The second-order valence-electron chi connectivity index (χ2n) is 6.51. The Morgan fingerprint density at radius 2 is 1.82 bits per heavy atom. The smallest absolute Gasteiger partial charge is 0.311 e. The normalized spacial score (nSPS) is 41.0. The molecule has 1 heterocycles. The van der Waals surface area contributed by atoms with Crippen LogP contribution in [0.3, 0.4) is 0 Å². The van der Waals surface area contributed by atoms with E-state index in [0.29, 0.717) is 18.4 Å². The van der Waals surface area contributed by atoms with Gasteiger partial charge in [-0.1, -0.05) is 20.8 Å². The molecule has 0 saturated heterocycles. The molecule has 1 rings (SSSR count). The fourth-order valence-electron chi connectivity index (χ4n) is 2.82. The van der Waals surface area contributed by atoms with Crippen molar-refractivity contribution < 1.29 is 24.5 Å². The molecular weight excluding hydrogens is 284 g/mol. The fraction of sp³-hybridized carbons (Fsp3) is 0.765. The number of allylic oxidation sites excluding steroid dienone is 1. The number of esters is 1. The molecule has 1 aliphatic heterocycles. The van der Waals surface area contributed by atoms with E-state index < -0.39 is 30.2 Å². The average molecular weight is 312 g/mol. The van der Waals surface area contributed by atoms with E-state index in [1.807, 2.05) is 6.92 Å². The Morgan fingerprint density at radius 3 is 2.36 bits per heavy atom. The summed E-state index contributed by atoms with van der Waals surface area (Å²) in [6.45, 7) is 8.71.